The predicted octanol–water partition coefficient (Wildman–Crippen LogP) is 2.85. The van der Waals surface area contributed by atoms with E-state index in [4.69, 9.17) is 4.74 Å². The third kappa shape index (κ3) is 4.75. The van der Waals surface area contributed by atoms with Crippen LogP contribution in [0.4, 0.5) is 11.6 Å². The van der Waals surface area contributed by atoms with Crippen molar-refractivity contribution in [2.24, 2.45) is 0 Å². The fraction of sp³-hybridized carbons (Fsp3) is 0.292. The molecular formula is C24H27N7O3. The molecule has 0 unspecified atom stereocenters. The van der Waals surface area contributed by atoms with Gasteiger partial charge in [-0.3, -0.25) is 9.59 Å². The monoisotopic (exact) mass is 461 g/mol. The maximum Gasteiger partial charge on any atom is 0.260 e. The number of carbonyl (C=O) groups is 2. The van der Waals surface area contributed by atoms with Gasteiger partial charge >= 0.3 is 0 Å². The highest BCUT2D eigenvalue weighted by Crippen LogP contribution is 2.35. The van der Waals surface area contributed by atoms with E-state index in [-0.39, 0.29) is 18.4 Å². The van der Waals surface area contributed by atoms with Crippen LogP contribution in [0.25, 0.3) is 0 Å². The van der Waals surface area contributed by atoms with Gasteiger partial charge in [0.2, 0.25) is 5.95 Å². The second-order valence-electron chi connectivity index (χ2n) is 7.76. The van der Waals surface area contributed by atoms with Crippen molar-refractivity contribution in [3.05, 3.63) is 71.4 Å². The fourth-order valence-corrected chi connectivity index (χ4v) is 3.89. The van der Waals surface area contributed by atoms with Crippen LogP contribution in [0.2, 0.25) is 0 Å². The number of nitrogens with one attached hydrogen (secondary N) is 2. The Bertz CT molecular complexity index is 1180. The number of anilines is 2. The van der Waals surface area contributed by atoms with E-state index in [0.717, 1.165) is 5.56 Å². The molecule has 2 heterocycles. The summed E-state index contributed by atoms with van der Waals surface area (Å²) in [5.41, 5.74) is 2.64. The molecule has 0 fully saturated rings. The Labute approximate surface area is 197 Å². The van der Waals surface area contributed by atoms with Crippen LogP contribution in [-0.4, -0.2) is 56.6 Å². The summed E-state index contributed by atoms with van der Waals surface area (Å²) in [7, 11) is 0. The van der Waals surface area contributed by atoms with E-state index >= 15 is 0 Å². The van der Waals surface area contributed by atoms with Crippen molar-refractivity contribution in [1.29, 1.82) is 0 Å². The summed E-state index contributed by atoms with van der Waals surface area (Å²) in [4.78, 5) is 27.2. The zero-order valence-corrected chi connectivity index (χ0v) is 19.4. The van der Waals surface area contributed by atoms with Gasteiger partial charge in [0, 0.05) is 24.5 Å². The molecule has 0 saturated carbocycles. The van der Waals surface area contributed by atoms with E-state index in [9.17, 15) is 9.59 Å². The largest absolute Gasteiger partial charge is 0.484 e. The molecule has 10 nitrogen and oxygen atoms in total. The molecule has 3 aromatic rings. The molecule has 1 atom stereocenters. The molecular weight excluding hydrogens is 434 g/mol. The lowest BCUT2D eigenvalue weighted by Gasteiger charge is -2.28. The first-order chi connectivity index (χ1) is 16.5. The smallest absolute Gasteiger partial charge is 0.260 e. The number of benzene rings is 2. The Morgan fingerprint density at radius 3 is 2.47 bits per heavy atom. The van der Waals surface area contributed by atoms with Crippen molar-refractivity contribution in [3.8, 4) is 5.75 Å². The highest BCUT2D eigenvalue weighted by atomic mass is 16.5. The number of likely N-dealkylation sites (N-methyl/N-ethyl adjacent to an activating group) is 1. The highest BCUT2D eigenvalue weighted by Gasteiger charge is 2.34. The number of tetrazole rings is 1. The third-order valence-electron chi connectivity index (χ3n) is 5.66. The average Bonchev–Trinajstić information content (AvgIpc) is 3.31. The van der Waals surface area contributed by atoms with Crippen LogP contribution in [0.15, 0.2) is 65.9 Å². The molecule has 0 bridgehead atoms. The standard InChI is InChI=1S/C24H27N7O3/c1-4-30(5-2)20(32)15-34-19-13-11-17(12-14-19)22-21(16(3)25-24-27-28-29-31(22)24)23(33)26-18-9-7-6-8-10-18/h6-14,22H,4-5,15H2,1-3H3,(H,26,33)(H,25,27,29)/t22-/m1/s1. The van der Waals surface area contributed by atoms with Gasteiger partial charge in [0.15, 0.2) is 6.61 Å². The molecule has 1 aliphatic heterocycles. The van der Waals surface area contributed by atoms with E-state index < -0.39 is 6.04 Å². The van der Waals surface area contributed by atoms with Crippen LogP contribution >= 0.6 is 0 Å². The molecule has 0 aliphatic carbocycles. The molecule has 0 radical (unpaired) electrons. The molecule has 34 heavy (non-hydrogen) atoms. The number of ether oxygens (including phenoxy) is 1. The zero-order valence-electron chi connectivity index (χ0n) is 19.4. The lowest BCUT2D eigenvalue weighted by Crippen LogP contribution is -2.34. The quantitative estimate of drug-likeness (QED) is 0.530. The van der Waals surface area contributed by atoms with E-state index in [2.05, 4.69) is 26.2 Å². The SMILES string of the molecule is CCN(CC)C(=O)COc1ccc([C@@H]2C(C(=O)Nc3ccccc3)=C(C)Nc3nnnn32)cc1. The number of hydrogen-bond acceptors (Lipinski definition) is 7. The molecule has 1 aromatic heterocycles. The first kappa shape index (κ1) is 23.0. The number of carbonyl (C=O) groups excluding carboxylic acids is 2. The normalized spacial score (nSPS) is 14.7. The van der Waals surface area contributed by atoms with Crippen molar-refractivity contribution in [2.45, 2.75) is 26.8 Å². The Kier molecular flexibility index (Phi) is 6.86. The van der Waals surface area contributed by atoms with E-state index in [0.29, 0.717) is 41.7 Å². The molecule has 2 N–H and O–H groups in total. The van der Waals surface area contributed by atoms with Gasteiger partial charge in [-0.25, -0.2) is 0 Å². The number of allylic oxidation sites excluding steroid dienone is 1. The average molecular weight is 462 g/mol. The van der Waals surface area contributed by atoms with Gasteiger partial charge < -0.3 is 20.3 Å². The number of fused-ring (bicyclic) bond motifs is 1. The number of hydrogen-bond donors (Lipinski definition) is 2. The molecule has 176 valence electrons. The van der Waals surface area contributed by atoms with Crippen LogP contribution < -0.4 is 15.4 Å². The van der Waals surface area contributed by atoms with Crippen LogP contribution in [0.3, 0.4) is 0 Å². The summed E-state index contributed by atoms with van der Waals surface area (Å²) >= 11 is 0. The molecule has 0 saturated heterocycles. The minimum atomic E-state index is -0.540. The molecule has 10 heteroatoms. The Hall–Kier alpha value is -4.21. The Morgan fingerprint density at radius 2 is 1.79 bits per heavy atom. The first-order valence-corrected chi connectivity index (χ1v) is 11.1. The second-order valence-corrected chi connectivity index (χ2v) is 7.76. The van der Waals surface area contributed by atoms with Crippen molar-refractivity contribution >= 4 is 23.5 Å². The molecule has 4 rings (SSSR count). The van der Waals surface area contributed by atoms with Gasteiger partial charge in [0.05, 0.1) is 5.57 Å². The summed E-state index contributed by atoms with van der Waals surface area (Å²) in [6.45, 7) is 6.94. The second kappa shape index (κ2) is 10.2. The van der Waals surface area contributed by atoms with Crippen LogP contribution in [0, 0.1) is 0 Å². The molecule has 2 amide bonds. The van der Waals surface area contributed by atoms with E-state index in [1.807, 2.05) is 63.2 Å². The first-order valence-electron chi connectivity index (χ1n) is 11.1. The Balaban J connectivity index is 1.58. The topological polar surface area (TPSA) is 114 Å². The van der Waals surface area contributed by atoms with Gasteiger partial charge in [0.25, 0.3) is 11.8 Å². The van der Waals surface area contributed by atoms with E-state index in [1.165, 1.54) is 0 Å². The zero-order chi connectivity index (χ0) is 24.1. The predicted molar refractivity (Wildman–Crippen MR) is 127 cm³/mol. The van der Waals surface area contributed by atoms with Crippen molar-refractivity contribution < 1.29 is 14.3 Å². The minimum absolute atomic E-state index is 0.0325. The molecule has 0 spiro atoms. The van der Waals surface area contributed by atoms with Crippen molar-refractivity contribution in [1.82, 2.24) is 25.1 Å². The maximum atomic E-state index is 13.3. The minimum Gasteiger partial charge on any atom is -0.484 e. The van der Waals surface area contributed by atoms with Crippen LogP contribution in [0.1, 0.15) is 32.4 Å². The fourth-order valence-electron chi connectivity index (χ4n) is 3.89. The summed E-state index contributed by atoms with van der Waals surface area (Å²) in [5.74, 6) is 0.687. The number of para-hydroxylation sites is 1. The molecule has 2 aromatic carbocycles. The van der Waals surface area contributed by atoms with Gasteiger partial charge in [0.1, 0.15) is 11.8 Å². The van der Waals surface area contributed by atoms with Gasteiger partial charge in [-0.1, -0.05) is 35.4 Å². The summed E-state index contributed by atoms with van der Waals surface area (Å²) in [6.07, 6.45) is 0. The third-order valence-corrected chi connectivity index (χ3v) is 5.66. The maximum absolute atomic E-state index is 13.3. The number of amides is 2. The summed E-state index contributed by atoms with van der Waals surface area (Å²) < 4.78 is 7.26. The van der Waals surface area contributed by atoms with Gasteiger partial charge in [-0.2, -0.15) is 4.68 Å². The number of rotatable bonds is 8. The lowest BCUT2D eigenvalue weighted by molar-refractivity contribution is -0.133. The summed E-state index contributed by atoms with van der Waals surface area (Å²) in [6, 6.07) is 16.0. The van der Waals surface area contributed by atoms with Gasteiger partial charge in [-0.05, 0) is 61.0 Å². The molecule has 1 aliphatic rings. The van der Waals surface area contributed by atoms with Crippen molar-refractivity contribution in [3.63, 3.8) is 0 Å². The highest BCUT2D eigenvalue weighted by molar-refractivity contribution is 6.06. The van der Waals surface area contributed by atoms with Gasteiger partial charge in [-0.15, -0.1) is 0 Å². The van der Waals surface area contributed by atoms with Crippen LogP contribution in [0.5, 0.6) is 5.75 Å². The lowest BCUT2D eigenvalue weighted by atomic mass is 9.95. The van der Waals surface area contributed by atoms with Crippen LogP contribution in [-0.2, 0) is 9.59 Å². The summed E-state index contributed by atoms with van der Waals surface area (Å²) in [5, 5.41) is 17.9. The van der Waals surface area contributed by atoms with E-state index in [1.54, 1.807) is 21.7 Å². The number of aromatic nitrogens is 4. The Morgan fingerprint density at radius 1 is 1.09 bits per heavy atom. The number of nitrogens with zero attached hydrogens (tertiary/aromatic N) is 5. The van der Waals surface area contributed by atoms with Crippen molar-refractivity contribution in [2.75, 3.05) is 30.3 Å².